The van der Waals surface area contributed by atoms with Crippen molar-refractivity contribution in [2.75, 3.05) is 12.3 Å². The van der Waals surface area contributed by atoms with Gasteiger partial charge in [0, 0.05) is 18.9 Å². The molecule has 2 N–H and O–H groups in total. The summed E-state index contributed by atoms with van der Waals surface area (Å²) in [7, 11) is 0. The summed E-state index contributed by atoms with van der Waals surface area (Å²) in [4.78, 5) is 3.99. The molecule has 0 bridgehead atoms. The fourth-order valence-corrected chi connectivity index (χ4v) is 1.71. The molecular weight excluding hydrogens is 214 g/mol. The second kappa shape index (κ2) is 5.39. The number of nitrogen functional groups attached to an aromatic ring is 1. The van der Waals surface area contributed by atoms with Crippen molar-refractivity contribution in [3.63, 3.8) is 0 Å². The quantitative estimate of drug-likeness (QED) is 0.634. The van der Waals surface area contributed by atoms with Gasteiger partial charge in [0.15, 0.2) is 0 Å². The van der Waals surface area contributed by atoms with E-state index in [2.05, 4.69) is 4.98 Å². The smallest absolute Gasteiger partial charge is 0.145 e. The first-order valence-corrected chi connectivity index (χ1v) is 5.71. The molecule has 0 fully saturated rings. The van der Waals surface area contributed by atoms with Crippen molar-refractivity contribution < 1.29 is 4.74 Å². The van der Waals surface area contributed by atoms with Crippen molar-refractivity contribution >= 4 is 5.69 Å². The highest BCUT2D eigenvalue weighted by atomic mass is 16.5. The molecule has 1 aromatic carbocycles. The average Bonchev–Trinajstić information content (AvgIpc) is 2.80. The number of nitrogens with two attached hydrogens (primary N) is 1. The molecule has 0 amide bonds. The summed E-state index contributed by atoms with van der Waals surface area (Å²) < 4.78 is 7.74. The minimum Gasteiger partial charge on any atom is -0.491 e. The van der Waals surface area contributed by atoms with E-state index in [1.807, 2.05) is 42.2 Å². The number of ether oxygens (including phenoxy) is 1. The molecule has 90 valence electrons. The lowest BCUT2D eigenvalue weighted by Crippen LogP contribution is -2.05. The first-order valence-electron chi connectivity index (χ1n) is 5.71. The second-order valence-corrected chi connectivity index (χ2v) is 4.00. The van der Waals surface area contributed by atoms with Crippen molar-refractivity contribution in [2.45, 2.75) is 19.9 Å². The molecule has 0 radical (unpaired) electrons. The minimum absolute atomic E-state index is 0.660. The van der Waals surface area contributed by atoms with E-state index in [9.17, 15) is 0 Å². The van der Waals surface area contributed by atoms with Crippen LogP contribution in [0.25, 0.3) is 0 Å². The summed E-state index contributed by atoms with van der Waals surface area (Å²) >= 11 is 0. The van der Waals surface area contributed by atoms with Gasteiger partial charge in [-0.2, -0.15) is 0 Å². The number of hydrogen-bond acceptors (Lipinski definition) is 3. The molecule has 0 unspecified atom stereocenters. The number of aryl methyl sites for hydroxylation is 2. The molecule has 2 aromatic rings. The van der Waals surface area contributed by atoms with Gasteiger partial charge in [-0.05, 0) is 25.0 Å². The molecule has 0 spiro atoms. The van der Waals surface area contributed by atoms with E-state index in [-0.39, 0.29) is 0 Å². The Balaban J connectivity index is 1.82. The number of aromatic nitrogens is 2. The third kappa shape index (κ3) is 3.00. The Morgan fingerprint density at radius 2 is 2.29 bits per heavy atom. The van der Waals surface area contributed by atoms with Crippen molar-refractivity contribution in [2.24, 2.45) is 0 Å². The summed E-state index contributed by atoms with van der Waals surface area (Å²) in [6.07, 6.45) is 6.47. The first kappa shape index (κ1) is 11.5. The van der Waals surface area contributed by atoms with Crippen LogP contribution in [0.5, 0.6) is 5.75 Å². The molecular formula is C13H17N3O. The summed E-state index contributed by atoms with van der Waals surface area (Å²) in [5.74, 6) is 0.804. The highest BCUT2D eigenvalue weighted by Crippen LogP contribution is 2.25. The third-order valence-corrected chi connectivity index (χ3v) is 2.61. The van der Waals surface area contributed by atoms with E-state index in [0.29, 0.717) is 12.3 Å². The maximum atomic E-state index is 5.86. The van der Waals surface area contributed by atoms with E-state index < -0.39 is 0 Å². The van der Waals surface area contributed by atoms with Gasteiger partial charge in [0.2, 0.25) is 0 Å². The van der Waals surface area contributed by atoms with Crippen LogP contribution in [0.15, 0.2) is 36.9 Å². The van der Waals surface area contributed by atoms with Crippen LogP contribution >= 0.6 is 0 Å². The SMILES string of the molecule is Cc1cccc(N)c1OCCCn1ccnc1. The lowest BCUT2D eigenvalue weighted by atomic mass is 10.2. The fourth-order valence-electron chi connectivity index (χ4n) is 1.71. The van der Waals surface area contributed by atoms with Crippen molar-refractivity contribution in [1.29, 1.82) is 0 Å². The van der Waals surface area contributed by atoms with Crippen LogP contribution in [0, 0.1) is 6.92 Å². The number of benzene rings is 1. The molecule has 2 rings (SSSR count). The van der Waals surface area contributed by atoms with Gasteiger partial charge in [-0.3, -0.25) is 0 Å². The molecule has 0 saturated heterocycles. The molecule has 4 heteroatoms. The summed E-state index contributed by atoms with van der Waals surface area (Å²) in [6.45, 7) is 3.57. The Hall–Kier alpha value is -1.97. The normalized spacial score (nSPS) is 10.4. The number of anilines is 1. The maximum absolute atomic E-state index is 5.86. The molecule has 0 aliphatic carbocycles. The standard InChI is InChI=1S/C13H17N3O/c1-11-4-2-5-12(14)13(11)17-9-3-7-16-8-6-15-10-16/h2,4-6,8,10H,3,7,9,14H2,1H3. The number of imidazole rings is 1. The monoisotopic (exact) mass is 231 g/mol. The zero-order valence-corrected chi connectivity index (χ0v) is 9.97. The number of rotatable bonds is 5. The zero-order chi connectivity index (χ0) is 12.1. The number of hydrogen-bond donors (Lipinski definition) is 1. The molecule has 0 saturated carbocycles. The van der Waals surface area contributed by atoms with Crippen molar-refractivity contribution in [1.82, 2.24) is 9.55 Å². The van der Waals surface area contributed by atoms with E-state index in [4.69, 9.17) is 10.5 Å². The lowest BCUT2D eigenvalue weighted by molar-refractivity contribution is 0.301. The van der Waals surface area contributed by atoms with E-state index >= 15 is 0 Å². The van der Waals surface area contributed by atoms with E-state index in [0.717, 1.165) is 24.3 Å². The Morgan fingerprint density at radius 3 is 3.00 bits per heavy atom. The molecule has 0 aliphatic heterocycles. The van der Waals surface area contributed by atoms with Crippen LogP contribution in [0.3, 0.4) is 0 Å². The highest BCUT2D eigenvalue weighted by Gasteiger charge is 2.03. The van der Waals surface area contributed by atoms with Gasteiger partial charge in [0.1, 0.15) is 5.75 Å². The highest BCUT2D eigenvalue weighted by molar-refractivity contribution is 5.56. The Bertz CT molecular complexity index is 445. The minimum atomic E-state index is 0.660. The van der Waals surface area contributed by atoms with Crippen LogP contribution in [-0.2, 0) is 6.54 Å². The predicted molar refractivity (Wildman–Crippen MR) is 67.9 cm³/mol. The molecule has 1 heterocycles. The topological polar surface area (TPSA) is 53.1 Å². The summed E-state index contributed by atoms with van der Waals surface area (Å²) in [5, 5.41) is 0. The molecule has 0 atom stereocenters. The van der Waals surface area contributed by atoms with Crippen LogP contribution in [0.4, 0.5) is 5.69 Å². The second-order valence-electron chi connectivity index (χ2n) is 4.00. The Labute approximate surface area is 101 Å². The van der Waals surface area contributed by atoms with E-state index in [1.54, 1.807) is 6.20 Å². The van der Waals surface area contributed by atoms with Crippen molar-refractivity contribution in [3.8, 4) is 5.75 Å². The van der Waals surface area contributed by atoms with Gasteiger partial charge in [-0.15, -0.1) is 0 Å². The van der Waals surface area contributed by atoms with Gasteiger partial charge in [0.05, 0.1) is 18.6 Å². The summed E-state index contributed by atoms with van der Waals surface area (Å²) in [6, 6.07) is 5.79. The fraction of sp³-hybridized carbons (Fsp3) is 0.308. The first-order chi connectivity index (χ1) is 8.27. The molecule has 0 aliphatic rings. The van der Waals surface area contributed by atoms with Crippen LogP contribution in [0.1, 0.15) is 12.0 Å². The third-order valence-electron chi connectivity index (χ3n) is 2.61. The van der Waals surface area contributed by atoms with Crippen LogP contribution < -0.4 is 10.5 Å². The lowest BCUT2D eigenvalue weighted by Gasteiger charge is -2.11. The van der Waals surface area contributed by atoms with Gasteiger partial charge >= 0.3 is 0 Å². The van der Waals surface area contributed by atoms with Crippen molar-refractivity contribution in [3.05, 3.63) is 42.5 Å². The van der Waals surface area contributed by atoms with Gasteiger partial charge < -0.3 is 15.0 Å². The largest absolute Gasteiger partial charge is 0.491 e. The van der Waals surface area contributed by atoms with Gasteiger partial charge in [-0.25, -0.2) is 4.98 Å². The molecule has 1 aromatic heterocycles. The number of para-hydroxylation sites is 1. The predicted octanol–water partition coefficient (Wildman–Crippen LogP) is 2.24. The van der Waals surface area contributed by atoms with Crippen LogP contribution in [0.2, 0.25) is 0 Å². The summed E-state index contributed by atoms with van der Waals surface area (Å²) in [5.41, 5.74) is 7.64. The maximum Gasteiger partial charge on any atom is 0.145 e. The molecule has 17 heavy (non-hydrogen) atoms. The average molecular weight is 231 g/mol. The Kier molecular flexibility index (Phi) is 3.65. The van der Waals surface area contributed by atoms with Gasteiger partial charge in [0.25, 0.3) is 0 Å². The van der Waals surface area contributed by atoms with E-state index in [1.165, 1.54) is 0 Å². The van der Waals surface area contributed by atoms with Crippen LogP contribution in [-0.4, -0.2) is 16.2 Å². The Morgan fingerprint density at radius 1 is 1.41 bits per heavy atom. The van der Waals surface area contributed by atoms with Gasteiger partial charge in [-0.1, -0.05) is 12.1 Å². The molecule has 4 nitrogen and oxygen atoms in total. The number of nitrogens with zero attached hydrogens (tertiary/aromatic N) is 2. The zero-order valence-electron chi connectivity index (χ0n) is 9.97.